The highest BCUT2D eigenvalue weighted by Gasteiger charge is 2.42. The Hall–Kier alpha value is -1.30. The van der Waals surface area contributed by atoms with Gasteiger partial charge in [-0.05, 0) is 43.9 Å². The van der Waals surface area contributed by atoms with Crippen LogP contribution in [0.1, 0.15) is 32.6 Å². The second-order valence-corrected chi connectivity index (χ2v) is 7.19. The number of carbonyl (C=O) groups excluding carboxylic acids is 1. The maximum atomic E-state index is 12.0. The van der Waals surface area contributed by atoms with Crippen LogP contribution in [0, 0.1) is 17.8 Å². The SMILES string of the molecule is CC(NC(=O)CSc1nccc(=O)[nH]1)C1CC2CCC1C2. The summed E-state index contributed by atoms with van der Waals surface area (Å²) < 4.78 is 0. The van der Waals surface area contributed by atoms with Crippen molar-refractivity contribution in [3.8, 4) is 0 Å². The molecule has 0 spiro atoms. The summed E-state index contributed by atoms with van der Waals surface area (Å²) in [6.45, 7) is 2.12. The van der Waals surface area contributed by atoms with E-state index in [0.29, 0.717) is 11.1 Å². The van der Waals surface area contributed by atoms with Gasteiger partial charge in [0.15, 0.2) is 5.16 Å². The number of fused-ring (bicyclic) bond motifs is 2. The molecule has 0 aromatic carbocycles. The Kier molecular flexibility index (Phi) is 4.33. The molecule has 2 aliphatic rings. The lowest BCUT2D eigenvalue weighted by molar-refractivity contribution is -0.119. The highest BCUT2D eigenvalue weighted by Crippen LogP contribution is 2.49. The lowest BCUT2D eigenvalue weighted by atomic mass is 9.84. The molecule has 1 heterocycles. The number of H-pyrrole nitrogens is 1. The van der Waals surface area contributed by atoms with E-state index in [4.69, 9.17) is 0 Å². The summed E-state index contributed by atoms with van der Waals surface area (Å²) >= 11 is 1.26. The Labute approximate surface area is 128 Å². The van der Waals surface area contributed by atoms with Crippen molar-refractivity contribution in [1.29, 1.82) is 0 Å². The highest BCUT2D eigenvalue weighted by molar-refractivity contribution is 7.99. The van der Waals surface area contributed by atoms with Crippen LogP contribution in [-0.2, 0) is 4.79 Å². The smallest absolute Gasteiger partial charge is 0.251 e. The maximum absolute atomic E-state index is 12.0. The first-order chi connectivity index (χ1) is 10.1. The predicted molar refractivity (Wildman–Crippen MR) is 82.1 cm³/mol. The van der Waals surface area contributed by atoms with E-state index < -0.39 is 0 Å². The fourth-order valence-electron chi connectivity index (χ4n) is 3.87. The Morgan fingerprint density at radius 2 is 2.38 bits per heavy atom. The first kappa shape index (κ1) is 14.6. The van der Waals surface area contributed by atoms with Crippen molar-refractivity contribution in [1.82, 2.24) is 15.3 Å². The number of nitrogens with one attached hydrogen (secondary N) is 2. The normalized spacial score (nSPS) is 28.5. The molecular formula is C15H21N3O2S. The zero-order valence-corrected chi connectivity index (χ0v) is 13.0. The lowest BCUT2D eigenvalue weighted by Crippen LogP contribution is -2.40. The van der Waals surface area contributed by atoms with Crippen LogP contribution in [-0.4, -0.2) is 27.7 Å². The maximum Gasteiger partial charge on any atom is 0.251 e. The zero-order valence-electron chi connectivity index (χ0n) is 12.2. The first-order valence-corrected chi connectivity index (χ1v) is 8.58. The molecule has 4 atom stereocenters. The number of thioether (sulfide) groups is 1. The highest BCUT2D eigenvalue weighted by atomic mass is 32.2. The van der Waals surface area contributed by atoms with E-state index in [9.17, 15) is 9.59 Å². The van der Waals surface area contributed by atoms with Gasteiger partial charge in [-0.15, -0.1) is 0 Å². The van der Waals surface area contributed by atoms with Crippen LogP contribution < -0.4 is 10.9 Å². The molecule has 2 aliphatic carbocycles. The van der Waals surface area contributed by atoms with E-state index in [1.54, 1.807) is 0 Å². The van der Waals surface area contributed by atoms with Gasteiger partial charge < -0.3 is 10.3 Å². The number of aromatic amines is 1. The molecule has 5 nitrogen and oxygen atoms in total. The third-order valence-electron chi connectivity index (χ3n) is 4.81. The largest absolute Gasteiger partial charge is 0.353 e. The quantitative estimate of drug-likeness (QED) is 0.642. The van der Waals surface area contributed by atoms with Gasteiger partial charge in [-0.2, -0.15) is 0 Å². The molecule has 1 amide bonds. The van der Waals surface area contributed by atoms with Gasteiger partial charge in [0.25, 0.3) is 5.56 Å². The molecule has 2 saturated carbocycles. The summed E-state index contributed by atoms with van der Waals surface area (Å²) in [5, 5.41) is 3.60. The molecule has 114 valence electrons. The van der Waals surface area contributed by atoms with Gasteiger partial charge in [-0.1, -0.05) is 18.2 Å². The van der Waals surface area contributed by atoms with E-state index in [1.165, 1.54) is 49.7 Å². The summed E-state index contributed by atoms with van der Waals surface area (Å²) in [5.41, 5.74) is -0.191. The topological polar surface area (TPSA) is 74.8 Å². The van der Waals surface area contributed by atoms with Gasteiger partial charge in [-0.25, -0.2) is 4.98 Å². The molecule has 0 saturated heterocycles. The van der Waals surface area contributed by atoms with Crippen LogP contribution >= 0.6 is 11.8 Å². The second kappa shape index (κ2) is 6.22. The molecule has 1 aromatic heterocycles. The first-order valence-electron chi connectivity index (χ1n) is 7.59. The van der Waals surface area contributed by atoms with Gasteiger partial charge >= 0.3 is 0 Å². The third kappa shape index (κ3) is 3.48. The average molecular weight is 307 g/mol. The van der Waals surface area contributed by atoms with E-state index in [1.807, 2.05) is 0 Å². The molecule has 3 rings (SSSR count). The van der Waals surface area contributed by atoms with Gasteiger partial charge in [0.2, 0.25) is 5.91 Å². The van der Waals surface area contributed by atoms with E-state index in [0.717, 1.165) is 11.8 Å². The molecule has 2 fully saturated rings. The number of rotatable bonds is 5. The Bertz CT molecular complexity index is 574. The number of amides is 1. The fourth-order valence-corrected chi connectivity index (χ4v) is 4.53. The zero-order chi connectivity index (χ0) is 14.8. The predicted octanol–water partition coefficient (Wildman–Crippen LogP) is 1.80. The number of hydrogen-bond acceptors (Lipinski definition) is 4. The van der Waals surface area contributed by atoms with E-state index in [-0.39, 0.29) is 23.3 Å². The van der Waals surface area contributed by atoms with Crippen molar-refractivity contribution < 1.29 is 4.79 Å². The molecule has 2 bridgehead atoms. The number of aromatic nitrogens is 2. The molecular weight excluding hydrogens is 286 g/mol. The summed E-state index contributed by atoms with van der Waals surface area (Å²) in [6, 6.07) is 1.61. The summed E-state index contributed by atoms with van der Waals surface area (Å²) in [5.74, 6) is 2.66. The standard InChI is InChI=1S/C15H21N3O2S/c1-9(12-7-10-2-3-11(12)6-10)17-14(20)8-21-15-16-5-4-13(19)18-15/h4-5,9-12H,2-3,6-8H2,1H3,(H,17,20)(H,16,18,19). The summed E-state index contributed by atoms with van der Waals surface area (Å²) in [6.07, 6.45) is 6.79. The van der Waals surface area contributed by atoms with Crippen molar-refractivity contribution in [2.45, 2.75) is 43.8 Å². The van der Waals surface area contributed by atoms with Crippen molar-refractivity contribution in [2.75, 3.05) is 5.75 Å². The Morgan fingerprint density at radius 1 is 1.52 bits per heavy atom. The van der Waals surface area contributed by atoms with Crippen LogP contribution in [0.15, 0.2) is 22.2 Å². The van der Waals surface area contributed by atoms with Crippen molar-refractivity contribution in [3.63, 3.8) is 0 Å². The van der Waals surface area contributed by atoms with Crippen molar-refractivity contribution in [2.24, 2.45) is 17.8 Å². The van der Waals surface area contributed by atoms with Crippen molar-refractivity contribution in [3.05, 3.63) is 22.6 Å². The number of carbonyl (C=O) groups is 1. The Morgan fingerprint density at radius 3 is 3.05 bits per heavy atom. The fraction of sp³-hybridized carbons (Fsp3) is 0.667. The molecule has 4 unspecified atom stereocenters. The lowest BCUT2D eigenvalue weighted by Gasteiger charge is -2.28. The van der Waals surface area contributed by atoms with E-state index >= 15 is 0 Å². The minimum Gasteiger partial charge on any atom is -0.353 e. The number of hydrogen-bond donors (Lipinski definition) is 2. The monoisotopic (exact) mass is 307 g/mol. The molecule has 21 heavy (non-hydrogen) atoms. The van der Waals surface area contributed by atoms with Crippen LogP contribution in [0.3, 0.4) is 0 Å². The van der Waals surface area contributed by atoms with Crippen LogP contribution in [0.25, 0.3) is 0 Å². The molecule has 1 aromatic rings. The number of nitrogens with zero attached hydrogens (tertiary/aromatic N) is 1. The van der Waals surface area contributed by atoms with Gasteiger partial charge in [0.05, 0.1) is 5.75 Å². The summed E-state index contributed by atoms with van der Waals surface area (Å²) in [4.78, 5) is 29.8. The minimum absolute atomic E-state index is 0.0155. The second-order valence-electron chi connectivity index (χ2n) is 6.22. The van der Waals surface area contributed by atoms with Crippen LogP contribution in [0.4, 0.5) is 0 Å². The molecule has 6 heteroatoms. The van der Waals surface area contributed by atoms with Gasteiger partial charge in [-0.3, -0.25) is 9.59 Å². The molecule has 0 radical (unpaired) electrons. The molecule has 0 aliphatic heterocycles. The van der Waals surface area contributed by atoms with Crippen LogP contribution in [0.2, 0.25) is 0 Å². The van der Waals surface area contributed by atoms with Gasteiger partial charge in [0.1, 0.15) is 0 Å². The average Bonchev–Trinajstić information content (AvgIpc) is 3.08. The van der Waals surface area contributed by atoms with Crippen LogP contribution in [0.5, 0.6) is 0 Å². The Balaban J connectivity index is 1.47. The third-order valence-corrected chi connectivity index (χ3v) is 5.70. The van der Waals surface area contributed by atoms with Gasteiger partial charge in [0, 0.05) is 18.3 Å². The van der Waals surface area contributed by atoms with Crippen molar-refractivity contribution >= 4 is 17.7 Å². The molecule has 2 N–H and O–H groups in total. The van der Waals surface area contributed by atoms with E-state index in [2.05, 4.69) is 22.2 Å². The summed E-state index contributed by atoms with van der Waals surface area (Å²) in [7, 11) is 0. The minimum atomic E-state index is -0.191.